The molecule has 2 N–H and O–H groups in total. The largest absolute Gasteiger partial charge is 0.390 e. The van der Waals surface area contributed by atoms with Gasteiger partial charge in [0.15, 0.2) is 0 Å². The van der Waals surface area contributed by atoms with Gasteiger partial charge in [-0.3, -0.25) is 0 Å². The van der Waals surface area contributed by atoms with Crippen LogP contribution in [0.1, 0.15) is 23.8 Å². The van der Waals surface area contributed by atoms with Crippen molar-refractivity contribution in [1.82, 2.24) is 0 Å². The Morgan fingerprint density at radius 3 is 2.76 bits per heavy atom. The van der Waals surface area contributed by atoms with Crippen molar-refractivity contribution >= 4 is 16.3 Å². The molecule has 0 bridgehead atoms. The van der Waals surface area contributed by atoms with Crippen LogP contribution in [0.2, 0.25) is 0 Å². The van der Waals surface area contributed by atoms with Gasteiger partial charge in [-0.15, -0.1) is 11.3 Å². The Morgan fingerprint density at radius 1 is 1.24 bits per heavy atom. The lowest BCUT2D eigenvalue weighted by Crippen LogP contribution is -2.09. The van der Waals surface area contributed by atoms with E-state index in [1.165, 1.54) is 40.8 Å². The molecule has 0 spiro atoms. The number of hydrogen-bond donors (Lipinski definition) is 1. The SMILES string of the molecule is CC1CCc2c(sc(N)c2-c2ccccc2)C1. The highest BCUT2D eigenvalue weighted by molar-refractivity contribution is 7.16. The fraction of sp³-hybridized carbons (Fsp3) is 0.333. The van der Waals surface area contributed by atoms with E-state index < -0.39 is 0 Å². The summed E-state index contributed by atoms with van der Waals surface area (Å²) in [5, 5.41) is 0.996. The fourth-order valence-electron chi connectivity index (χ4n) is 2.69. The maximum atomic E-state index is 6.22. The number of fused-ring (bicyclic) bond motifs is 1. The zero-order chi connectivity index (χ0) is 11.8. The third-order valence-corrected chi connectivity index (χ3v) is 4.68. The van der Waals surface area contributed by atoms with Crippen LogP contribution in [0.15, 0.2) is 30.3 Å². The number of rotatable bonds is 1. The second kappa shape index (κ2) is 4.19. The second-order valence-electron chi connectivity index (χ2n) is 4.96. The van der Waals surface area contributed by atoms with Gasteiger partial charge >= 0.3 is 0 Å². The van der Waals surface area contributed by atoms with Gasteiger partial charge in [-0.05, 0) is 36.3 Å². The summed E-state index contributed by atoms with van der Waals surface area (Å²) in [6.45, 7) is 2.33. The van der Waals surface area contributed by atoms with Crippen LogP contribution >= 0.6 is 11.3 Å². The molecule has 3 rings (SSSR count). The van der Waals surface area contributed by atoms with Gasteiger partial charge in [-0.2, -0.15) is 0 Å². The smallest absolute Gasteiger partial charge is 0.0941 e. The van der Waals surface area contributed by atoms with Gasteiger partial charge in [0.25, 0.3) is 0 Å². The maximum Gasteiger partial charge on any atom is 0.0941 e. The Balaban J connectivity index is 2.12. The summed E-state index contributed by atoms with van der Waals surface area (Å²) in [7, 11) is 0. The molecule has 0 aliphatic heterocycles. The highest BCUT2D eigenvalue weighted by atomic mass is 32.1. The van der Waals surface area contributed by atoms with E-state index in [0.29, 0.717) is 0 Å². The molecule has 17 heavy (non-hydrogen) atoms. The summed E-state index contributed by atoms with van der Waals surface area (Å²) in [4.78, 5) is 1.51. The number of anilines is 1. The fourth-order valence-corrected chi connectivity index (χ4v) is 4.00. The zero-order valence-electron chi connectivity index (χ0n) is 10.1. The summed E-state index contributed by atoms with van der Waals surface area (Å²) < 4.78 is 0. The van der Waals surface area contributed by atoms with E-state index in [1.54, 1.807) is 11.3 Å². The highest BCUT2D eigenvalue weighted by Crippen LogP contribution is 2.43. The molecule has 1 aliphatic carbocycles. The lowest BCUT2D eigenvalue weighted by molar-refractivity contribution is 0.508. The molecule has 1 aromatic heterocycles. The van der Waals surface area contributed by atoms with Crippen molar-refractivity contribution in [2.24, 2.45) is 5.92 Å². The summed E-state index contributed by atoms with van der Waals surface area (Å²) >= 11 is 1.79. The standard InChI is InChI=1S/C15H17NS/c1-10-7-8-12-13(9-10)17-15(16)14(12)11-5-3-2-4-6-11/h2-6,10H,7-9,16H2,1H3. The minimum atomic E-state index is 0.809. The normalized spacial score (nSPS) is 19.0. The molecule has 1 aliphatic rings. The summed E-state index contributed by atoms with van der Waals surface area (Å²) in [6.07, 6.45) is 3.69. The van der Waals surface area contributed by atoms with Crippen LogP contribution in [0.5, 0.6) is 0 Å². The van der Waals surface area contributed by atoms with E-state index in [4.69, 9.17) is 5.73 Å². The van der Waals surface area contributed by atoms with Crippen molar-refractivity contribution in [3.63, 3.8) is 0 Å². The Hall–Kier alpha value is -1.28. The van der Waals surface area contributed by atoms with Crippen molar-refractivity contribution in [3.05, 3.63) is 40.8 Å². The van der Waals surface area contributed by atoms with E-state index in [9.17, 15) is 0 Å². The van der Waals surface area contributed by atoms with E-state index in [2.05, 4.69) is 37.3 Å². The summed E-state index contributed by atoms with van der Waals surface area (Å²) in [6, 6.07) is 10.6. The first-order valence-electron chi connectivity index (χ1n) is 6.21. The second-order valence-corrected chi connectivity index (χ2v) is 6.09. The molecule has 0 fully saturated rings. The van der Waals surface area contributed by atoms with Crippen LogP contribution < -0.4 is 5.73 Å². The van der Waals surface area contributed by atoms with Crippen LogP contribution in [0.25, 0.3) is 11.1 Å². The molecule has 1 atom stereocenters. The molecule has 1 heterocycles. The van der Waals surface area contributed by atoms with E-state index >= 15 is 0 Å². The Kier molecular flexibility index (Phi) is 2.67. The zero-order valence-corrected chi connectivity index (χ0v) is 10.9. The monoisotopic (exact) mass is 243 g/mol. The van der Waals surface area contributed by atoms with Crippen molar-refractivity contribution < 1.29 is 0 Å². The maximum absolute atomic E-state index is 6.22. The summed E-state index contributed by atoms with van der Waals surface area (Å²) in [5.41, 5.74) is 10.3. The van der Waals surface area contributed by atoms with Gasteiger partial charge in [0.1, 0.15) is 0 Å². The first-order chi connectivity index (χ1) is 8.25. The molecule has 2 heteroatoms. The molecule has 2 aromatic rings. The Morgan fingerprint density at radius 2 is 2.00 bits per heavy atom. The van der Waals surface area contributed by atoms with Crippen molar-refractivity contribution in [2.75, 3.05) is 5.73 Å². The quantitative estimate of drug-likeness (QED) is 0.801. The van der Waals surface area contributed by atoms with Crippen LogP contribution in [-0.2, 0) is 12.8 Å². The lowest BCUT2D eigenvalue weighted by atomic mass is 9.87. The van der Waals surface area contributed by atoms with Gasteiger partial charge in [0.2, 0.25) is 0 Å². The lowest BCUT2D eigenvalue weighted by Gasteiger charge is -2.18. The number of hydrogen-bond acceptors (Lipinski definition) is 2. The number of thiophene rings is 1. The van der Waals surface area contributed by atoms with Crippen molar-refractivity contribution in [3.8, 4) is 11.1 Å². The first-order valence-corrected chi connectivity index (χ1v) is 7.03. The van der Waals surface area contributed by atoms with Gasteiger partial charge in [0.05, 0.1) is 5.00 Å². The molecule has 0 saturated heterocycles. The molecule has 1 aromatic carbocycles. The molecule has 1 nitrogen and oxygen atoms in total. The molecule has 0 radical (unpaired) electrons. The van der Waals surface area contributed by atoms with Gasteiger partial charge in [0, 0.05) is 10.4 Å². The number of benzene rings is 1. The third kappa shape index (κ3) is 1.87. The van der Waals surface area contributed by atoms with Crippen LogP contribution in [-0.4, -0.2) is 0 Å². The first kappa shape index (κ1) is 10.8. The van der Waals surface area contributed by atoms with E-state index in [-0.39, 0.29) is 0 Å². The Bertz CT molecular complexity index is 527. The predicted octanol–water partition coefficient (Wildman–Crippen LogP) is 4.12. The molecular weight excluding hydrogens is 226 g/mol. The molecule has 0 saturated carbocycles. The minimum absolute atomic E-state index is 0.809. The molecular formula is C15H17NS. The van der Waals surface area contributed by atoms with Crippen molar-refractivity contribution in [1.29, 1.82) is 0 Å². The highest BCUT2D eigenvalue weighted by Gasteiger charge is 2.23. The average molecular weight is 243 g/mol. The van der Waals surface area contributed by atoms with Gasteiger partial charge in [-0.25, -0.2) is 0 Å². The number of nitrogens with two attached hydrogens (primary N) is 1. The van der Waals surface area contributed by atoms with Crippen LogP contribution in [0, 0.1) is 5.92 Å². The minimum Gasteiger partial charge on any atom is -0.390 e. The van der Waals surface area contributed by atoms with E-state index in [0.717, 1.165) is 10.9 Å². The van der Waals surface area contributed by atoms with E-state index in [1.807, 2.05) is 0 Å². The molecule has 1 unspecified atom stereocenters. The van der Waals surface area contributed by atoms with Gasteiger partial charge < -0.3 is 5.73 Å². The predicted molar refractivity (Wildman–Crippen MR) is 75.4 cm³/mol. The third-order valence-electron chi connectivity index (χ3n) is 3.60. The van der Waals surface area contributed by atoms with Crippen LogP contribution in [0.4, 0.5) is 5.00 Å². The molecule has 88 valence electrons. The molecule has 0 amide bonds. The average Bonchev–Trinajstić information content (AvgIpc) is 2.65. The Labute approximate surface area is 106 Å². The summed E-state index contributed by atoms with van der Waals surface area (Å²) in [5.74, 6) is 0.809. The van der Waals surface area contributed by atoms with Crippen molar-refractivity contribution in [2.45, 2.75) is 26.2 Å². The topological polar surface area (TPSA) is 26.0 Å². The van der Waals surface area contributed by atoms with Crippen LogP contribution in [0.3, 0.4) is 0 Å². The number of nitrogen functional groups attached to an aromatic ring is 1. The van der Waals surface area contributed by atoms with Gasteiger partial charge in [-0.1, -0.05) is 37.3 Å².